The van der Waals surface area contributed by atoms with Crippen molar-refractivity contribution in [2.75, 3.05) is 12.3 Å². The molecule has 0 saturated carbocycles. The number of nitrogens with zero attached hydrogens (tertiary/aromatic N) is 2. The summed E-state index contributed by atoms with van der Waals surface area (Å²) in [6.45, 7) is 0.694. The molecule has 106 valence electrons. The van der Waals surface area contributed by atoms with Crippen LogP contribution >= 0.6 is 0 Å². The van der Waals surface area contributed by atoms with Gasteiger partial charge < -0.3 is 15.6 Å². The van der Waals surface area contributed by atoms with Gasteiger partial charge in [-0.15, -0.1) is 0 Å². The summed E-state index contributed by atoms with van der Waals surface area (Å²) in [5.41, 5.74) is 5.95. The summed E-state index contributed by atoms with van der Waals surface area (Å²) < 4.78 is 6.71. The van der Waals surface area contributed by atoms with Gasteiger partial charge in [0.1, 0.15) is 5.82 Å². The number of benzene rings is 1. The van der Waals surface area contributed by atoms with Gasteiger partial charge in [-0.25, -0.2) is 4.79 Å². The molecule has 0 amide bonds. The van der Waals surface area contributed by atoms with Crippen molar-refractivity contribution in [2.45, 2.75) is 19.3 Å². The lowest BCUT2D eigenvalue weighted by Gasteiger charge is -2.12. The number of nitrogen functional groups attached to an aromatic ring is 1. The molecular formula is C14H17N3O3. The fraction of sp³-hybridized carbons (Fsp3) is 0.286. The summed E-state index contributed by atoms with van der Waals surface area (Å²) in [7, 11) is 0. The highest BCUT2D eigenvalue weighted by Crippen LogP contribution is 2.01. The number of hydrogen-bond donors (Lipinski definition) is 2. The largest absolute Gasteiger partial charge is 0.389 e. The van der Waals surface area contributed by atoms with E-state index in [-0.39, 0.29) is 19.0 Å². The summed E-state index contributed by atoms with van der Waals surface area (Å²) in [6.07, 6.45) is 0.729. The molecule has 1 aromatic heterocycles. The van der Waals surface area contributed by atoms with E-state index in [1.165, 1.54) is 16.8 Å². The summed E-state index contributed by atoms with van der Waals surface area (Å²) in [6, 6.07) is 11.2. The predicted octanol–water partition coefficient (Wildman–Crippen LogP) is 0.403. The van der Waals surface area contributed by atoms with E-state index in [4.69, 9.17) is 10.5 Å². The fourth-order valence-electron chi connectivity index (χ4n) is 1.75. The molecule has 0 aliphatic carbocycles. The quantitative estimate of drug-likeness (QED) is 0.796. The van der Waals surface area contributed by atoms with Crippen LogP contribution in [0.5, 0.6) is 0 Å². The molecule has 0 bridgehead atoms. The Hall–Kier alpha value is -2.18. The van der Waals surface area contributed by atoms with E-state index in [1.807, 2.05) is 30.3 Å². The third-order valence-corrected chi connectivity index (χ3v) is 2.72. The van der Waals surface area contributed by atoms with Crippen LogP contribution in [-0.2, 0) is 17.9 Å². The van der Waals surface area contributed by atoms with Crippen molar-refractivity contribution < 1.29 is 9.84 Å². The van der Waals surface area contributed by atoms with Gasteiger partial charge in [0, 0.05) is 6.20 Å². The third kappa shape index (κ3) is 4.18. The number of anilines is 1. The van der Waals surface area contributed by atoms with E-state index in [0.29, 0.717) is 6.61 Å². The van der Waals surface area contributed by atoms with E-state index in [2.05, 4.69) is 4.98 Å². The number of aromatic nitrogens is 2. The van der Waals surface area contributed by atoms with Gasteiger partial charge in [0.15, 0.2) is 0 Å². The Balaban J connectivity index is 1.81. The number of aliphatic hydroxyl groups is 1. The average Bonchev–Trinajstić information content (AvgIpc) is 2.43. The van der Waals surface area contributed by atoms with Gasteiger partial charge in [-0.1, -0.05) is 30.3 Å². The molecule has 0 fully saturated rings. The molecule has 2 rings (SSSR count). The van der Waals surface area contributed by atoms with Gasteiger partial charge in [-0.05, 0) is 11.6 Å². The smallest absolute Gasteiger partial charge is 0.349 e. The molecule has 0 aliphatic rings. The number of hydrogen-bond acceptors (Lipinski definition) is 5. The zero-order valence-corrected chi connectivity index (χ0v) is 11.0. The van der Waals surface area contributed by atoms with Crippen LogP contribution in [-0.4, -0.2) is 27.4 Å². The van der Waals surface area contributed by atoms with E-state index in [9.17, 15) is 9.90 Å². The van der Waals surface area contributed by atoms with Crippen LogP contribution in [0.2, 0.25) is 0 Å². The molecule has 0 aliphatic heterocycles. The lowest BCUT2D eigenvalue weighted by Crippen LogP contribution is -2.30. The SMILES string of the molecule is Nc1ccn(C[C@@H](O)COCc2ccccc2)c(=O)n1. The Morgan fingerprint density at radius 1 is 1.30 bits per heavy atom. The Morgan fingerprint density at radius 3 is 2.75 bits per heavy atom. The standard InChI is InChI=1S/C14H17N3O3/c15-13-6-7-17(14(19)16-13)8-12(18)10-20-9-11-4-2-1-3-5-11/h1-7,12,18H,8-10H2,(H2,15,16,19)/t12-/m1/s1. The maximum atomic E-state index is 11.5. The van der Waals surface area contributed by atoms with Gasteiger partial charge in [0.25, 0.3) is 0 Å². The molecule has 2 aromatic rings. The van der Waals surface area contributed by atoms with Crippen LogP contribution in [0.4, 0.5) is 5.82 Å². The van der Waals surface area contributed by atoms with Crippen molar-refractivity contribution in [3.05, 3.63) is 58.6 Å². The Labute approximate surface area is 116 Å². The second-order valence-electron chi connectivity index (χ2n) is 4.44. The molecule has 0 radical (unpaired) electrons. The molecule has 0 spiro atoms. The van der Waals surface area contributed by atoms with Crippen molar-refractivity contribution in [3.8, 4) is 0 Å². The summed E-state index contributed by atoms with van der Waals surface area (Å²) in [4.78, 5) is 15.1. The van der Waals surface area contributed by atoms with E-state index in [0.717, 1.165) is 5.56 Å². The second-order valence-corrected chi connectivity index (χ2v) is 4.44. The summed E-state index contributed by atoms with van der Waals surface area (Å²) in [5, 5.41) is 9.83. The van der Waals surface area contributed by atoms with Crippen molar-refractivity contribution >= 4 is 5.82 Å². The van der Waals surface area contributed by atoms with Crippen molar-refractivity contribution in [2.24, 2.45) is 0 Å². The maximum Gasteiger partial charge on any atom is 0.349 e. The first-order chi connectivity index (χ1) is 9.65. The van der Waals surface area contributed by atoms with E-state index >= 15 is 0 Å². The third-order valence-electron chi connectivity index (χ3n) is 2.72. The van der Waals surface area contributed by atoms with E-state index < -0.39 is 11.8 Å². The number of nitrogens with two attached hydrogens (primary N) is 1. The molecule has 1 heterocycles. The molecule has 6 heteroatoms. The number of aliphatic hydroxyl groups excluding tert-OH is 1. The highest BCUT2D eigenvalue weighted by atomic mass is 16.5. The van der Waals surface area contributed by atoms with Gasteiger partial charge in [0.2, 0.25) is 0 Å². The molecule has 1 aromatic carbocycles. The first kappa shape index (κ1) is 14.2. The first-order valence-corrected chi connectivity index (χ1v) is 6.28. The molecular weight excluding hydrogens is 258 g/mol. The average molecular weight is 275 g/mol. The van der Waals surface area contributed by atoms with Gasteiger partial charge in [-0.3, -0.25) is 4.57 Å². The van der Waals surface area contributed by atoms with Gasteiger partial charge in [0.05, 0.1) is 25.9 Å². The van der Waals surface area contributed by atoms with Crippen LogP contribution in [0.25, 0.3) is 0 Å². The topological polar surface area (TPSA) is 90.4 Å². The molecule has 1 atom stereocenters. The molecule has 0 saturated heterocycles. The molecule has 6 nitrogen and oxygen atoms in total. The highest BCUT2D eigenvalue weighted by molar-refractivity contribution is 5.23. The summed E-state index contributed by atoms with van der Waals surface area (Å²) in [5.74, 6) is 0.168. The predicted molar refractivity (Wildman–Crippen MR) is 75.0 cm³/mol. The van der Waals surface area contributed by atoms with Crippen molar-refractivity contribution in [1.29, 1.82) is 0 Å². The van der Waals surface area contributed by atoms with Crippen LogP contribution in [0.1, 0.15) is 5.56 Å². The zero-order chi connectivity index (χ0) is 14.4. The number of ether oxygens (including phenoxy) is 1. The van der Waals surface area contributed by atoms with Crippen LogP contribution in [0.3, 0.4) is 0 Å². The minimum absolute atomic E-state index is 0.126. The van der Waals surface area contributed by atoms with Crippen LogP contribution < -0.4 is 11.4 Å². The highest BCUT2D eigenvalue weighted by Gasteiger charge is 2.07. The van der Waals surface area contributed by atoms with Gasteiger partial charge >= 0.3 is 5.69 Å². The minimum atomic E-state index is -0.776. The monoisotopic (exact) mass is 275 g/mol. The normalized spacial score (nSPS) is 12.2. The zero-order valence-electron chi connectivity index (χ0n) is 11.0. The van der Waals surface area contributed by atoms with Crippen LogP contribution in [0, 0.1) is 0 Å². The molecule has 20 heavy (non-hydrogen) atoms. The number of rotatable bonds is 6. The fourth-order valence-corrected chi connectivity index (χ4v) is 1.75. The van der Waals surface area contributed by atoms with Gasteiger partial charge in [-0.2, -0.15) is 4.98 Å². The Bertz CT molecular complexity index is 598. The minimum Gasteiger partial charge on any atom is -0.389 e. The Kier molecular flexibility index (Phi) is 4.86. The van der Waals surface area contributed by atoms with Crippen molar-refractivity contribution in [3.63, 3.8) is 0 Å². The molecule has 3 N–H and O–H groups in total. The lowest BCUT2D eigenvalue weighted by molar-refractivity contribution is 0.0197. The van der Waals surface area contributed by atoms with Crippen molar-refractivity contribution in [1.82, 2.24) is 9.55 Å². The summed E-state index contributed by atoms with van der Waals surface area (Å²) >= 11 is 0. The van der Waals surface area contributed by atoms with Crippen LogP contribution in [0.15, 0.2) is 47.4 Å². The van der Waals surface area contributed by atoms with E-state index in [1.54, 1.807) is 0 Å². The second kappa shape index (κ2) is 6.83. The first-order valence-electron chi connectivity index (χ1n) is 6.28. The Morgan fingerprint density at radius 2 is 2.05 bits per heavy atom. The molecule has 0 unspecified atom stereocenters. The maximum absolute atomic E-state index is 11.5. The lowest BCUT2D eigenvalue weighted by atomic mass is 10.2.